The number of hydrogen-bond donors (Lipinski definition) is 2. The largest absolute Gasteiger partial charge is 0.464 e. The van der Waals surface area contributed by atoms with Crippen LogP contribution in [0.25, 0.3) is 0 Å². The van der Waals surface area contributed by atoms with Crippen LogP contribution in [-0.4, -0.2) is 45.8 Å². The number of likely N-dealkylation sites (tertiary alicyclic amines) is 1. The summed E-state index contributed by atoms with van der Waals surface area (Å²) >= 11 is 0. The van der Waals surface area contributed by atoms with Crippen LogP contribution in [0.2, 0.25) is 0 Å². The molecule has 76 valence electrons. The molecule has 1 aliphatic rings. The van der Waals surface area contributed by atoms with Gasteiger partial charge in [-0.2, -0.15) is 0 Å². The molecule has 0 atom stereocenters. The van der Waals surface area contributed by atoms with Gasteiger partial charge in [-0.25, -0.2) is 15.6 Å². The summed E-state index contributed by atoms with van der Waals surface area (Å²) < 4.78 is 0. The Labute approximate surface area is 78.1 Å². The molecule has 0 bridgehead atoms. The van der Waals surface area contributed by atoms with Gasteiger partial charge < -0.3 is 5.11 Å². The predicted octanol–water partition coefficient (Wildman–Crippen LogP) is 0.323. The summed E-state index contributed by atoms with van der Waals surface area (Å²) in [4.78, 5) is 12.7. The van der Waals surface area contributed by atoms with Gasteiger partial charge in [0, 0.05) is 18.6 Å². The van der Waals surface area contributed by atoms with Gasteiger partial charge in [-0.3, -0.25) is 4.90 Å². The maximum absolute atomic E-state index is 10.5. The average Bonchev–Trinajstić information content (AvgIpc) is 1.79. The van der Waals surface area contributed by atoms with Crippen molar-refractivity contribution in [2.24, 2.45) is 5.84 Å². The number of hydrogen-bond acceptors (Lipinski definition) is 3. The molecule has 0 aromatic rings. The summed E-state index contributed by atoms with van der Waals surface area (Å²) in [5.74, 6) is 5.33. The Morgan fingerprint density at radius 1 is 1.54 bits per heavy atom. The smallest absolute Gasteiger partial charge is 0.421 e. The highest BCUT2D eigenvalue weighted by atomic mass is 16.4. The number of amides is 1. The molecule has 0 spiro atoms. The second kappa shape index (κ2) is 3.16. The van der Waals surface area contributed by atoms with Crippen LogP contribution in [-0.2, 0) is 0 Å². The van der Waals surface area contributed by atoms with E-state index in [1.54, 1.807) is 0 Å². The van der Waals surface area contributed by atoms with Crippen molar-refractivity contribution in [2.75, 3.05) is 13.1 Å². The lowest BCUT2D eigenvalue weighted by molar-refractivity contribution is -0.0159. The molecule has 1 aliphatic heterocycles. The quantitative estimate of drug-likeness (QED) is 0.352. The molecule has 13 heavy (non-hydrogen) atoms. The molecule has 5 nitrogen and oxygen atoms in total. The van der Waals surface area contributed by atoms with E-state index >= 15 is 0 Å². The number of rotatable bonds is 1. The van der Waals surface area contributed by atoms with Gasteiger partial charge >= 0.3 is 6.09 Å². The maximum atomic E-state index is 10.5. The normalized spacial score (nSPS) is 19.7. The lowest BCUT2D eigenvalue weighted by Gasteiger charge is -2.49. The molecule has 1 heterocycles. The van der Waals surface area contributed by atoms with E-state index in [9.17, 15) is 4.79 Å². The number of nitrogens with two attached hydrogens (primary N) is 1. The molecule has 0 aromatic heterocycles. The van der Waals surface area contributed by atoms with Gasteiger partial charge in [0.05, 0.1) is 6.04 Å². The van der Waals surface area contributed by atoms with E-state index in [0.29, 0.717) is 0 Å². The zero-order valence-electron chi connectivity index (χ0n) is 8.32. The number of carboxylic acid groups (broad SMARTS) is 1. The fourth-order valence-electron chi connectivity index (χ4n) is 1.34. The zero-order chi connectivity index (χ0) is 10.2. The molecule has 1 fully saturated rings. The van der Waals surface area contributed by atoms with Crippen molar-refractivity contribution in [1.82, 2.24) is 9.91 Å². The minimum atomic E-state index is -1.06. The summed E-state index contributed by atoms with van der Waals surface area (Å²) in [5.41, 5.74) is 0.107. The molecule has 3 N–H and O–H groups in total. The molecule has 1 saturated heterocycles. The molecule has 5 heteroatoms. The summed E-state index contributed by atoms with van der Waals surface area (Å²) in [6, 6.07) is -0.0447. The minimum absolute atomic E-state index is 0.0447. The Balaban J connectivity index is 2.38. The van der Waals surface area contributed by atoms with Gasteiger partial charge in [0.15, 0.2) is 0 Å². The van der Waals surface area contributed by atoms with Crippen molar-refractivity contribution >= 4 is 6.09 Å². The van der Waals surface area contributed by atoms with Gasteiger partial charge in [0.1, 0.15) is 0 Å². The fourth-order valence-corrected chi connectivity index (χ4v) is 1.34. The Morgan fingerprint density at radius 2 is 2.00 bits per heavy atom. The van der Waals surface area contributed by atoms with Gasteiger partial charge in [-0.05, 0) is 20.8 Å². The van der Waals surface area contributed by atoms with Crippen LogP contribution in [0.5, 0.6) is 0 Å². The van der Waals surface area contributed by atoms with Crippen LogP contribution in [0, 0.1) is 0 Å². The van der Waals surface area contributed by atoms with E-state index in [-0.39, 0.29) is 11.6 Å². The Bertz CT molecular complexity index is 206. The molecular weight excluding hydrogens is 170 g/mol. The van der Waals surface area contributed by atoms with Crippen molar-refractivity contribution in [2.45, 2.75) is 32.4 Å². The van der Waals surface area contributed by atoms with Crippen molar-refractivity contribution < 1.29 is 9.90 Å². The van der Waals surface area contributed by atoms with Gasteiger partial charge in [0.2, 0.25) is 0 Å². The molecule has 0 aliphatic carbocycles. The van der Waals surface area contributed by atoms with Crippen molar-refractivity contribution in [3.63, 3.8) is 0 Å². The first-order valence-electron chi connectivity index (χ1n) is 4.34. The van der Waals surface area contributed by atoms with E-state index in [4.69, 9.17) is 10.9 Å². The Morgan fingerprint density at radius 3 is 2.31 bits per heavy atom. The first-order valence-corrected chi connectivity index (χ1v) is 4.34. The van der Waals surface area contributed by atoms with Crippen LogP contribution in [0.1, 0.15) is 20.8 Å². The van der Waals surface area contributed by atoms with Gasteiger partial charge in [0.25, 0.3) is 0 Å². The van der Waals surface area contributed by atoms with Gasteiger partial charge in [-0.15, -0.1) is 0 Å². The van der Waals surface area contributed by atoms with Crippen LogP contribution >= 0.6 is 0 Å². The van der Waals surface area contributed by atoms with Crippen molar-refractivity contribution in [3.8, 4) is 0 Å². The van der Waals surface area contributed by atoms with Crippen molar-refractivity contribution in [1.29, 1.82) is 0 Å². The van der Waals surface area contributed by atoms with E-state index in [1.165, 1.54) is 0 Å². The second-order valence-electron chi connectivity index (χ2n) is 4.42. The highest BCUT2D eigenvalue weighted by Gasteiger charge is 2.38. The van der Waals surface area contributed by atoms with E-state index in [0.717, 1.165) is 18.1 Å². The van der Waals surface area contributed by atoms with Crippen LogP contribution < -0.4 is 5.84 Å². The summed E-state index contributed by atoms with van der Waals surface area (Å²) in [7, 11) is 0. The molecule has 1 amide bonds. The maximum Gasteiger partial charge on any atom is 0.421 e. The third kappa shape index (κ3) is 2.10. The predicted molar refractivity (Wildman–Crippen MR) is 49.2 cm³/mol. The van der Waals surface area contributed by atoms with Crippen LogP contribution in [0.15, 0.2) is 0 Å². The second-order valence-corrected chi connectivity index (χ2v) is 4.42. The highest BCUT2D eigenvalue weighted by Crippen LogP contribution is 2.22. The SMILES string of the molecule is CC(C)(C)N1CC(N(N)C(=O)O)C1. The number of nitrogens with zero attached hydrogens (tertiary/aromatic N) is 2. The first kappa shape index (κ1) is 10.3. The van der Waals surface area contributed by atoms with Crippen LogP contribution in [0.3, 0.4) is 0 Å². The monoisotopic (exact) mass is 187 g/mol. The lowest BCUT2D eigenvalue weighted by Crippen LogP contribution is -2.66. The standard InChI is InChI=1S/C8H17N3O2/c1-8(2,3)10-4-6(5-10)11(9)7(12)13/h6H,4-5,9H2,1-3H3,(H,12,13). The number of hydrazine groups is 1. The van der Waals surface area contributed by atoms with Crippen molar-refractivity contribution in [3.05, 3.63) is 0 Å². The summed E-state index contributed by atoms with van der Waals surface area (Å²) in [5, 5.41) is 9.48. The van der Waals surface area contributed by atoms with Gasteiger partial charge in [-0.1, -0.05) is 0 Å². The van der Waals surface area contributed by atoms with E-state index in [1.807, 2.05) is 0 Å². The van der Waals surface area contributed by atoms with E-state index < -0.39 is 6.09 Å². The Hall–Kier alpha value is -0.810. The summed E-state index contributed by atoms with van der Waals surface area (Å²) in [6.07, 6.45) is -1.06. The lowest BCUT2D eigenvalue weighted by atomic mass is 9.97. The number of carbonyl (C=O) groups is 1. The topological polar surface area (TPSA) is 69.8 Å². The third-order valence-corrected chi connectivity index (χ3v) is 2.43. The Kier molecular flexibility index (Phi) is 2.49. The molecule has 0 saturated carbocycles. The fraction of sp³-hybridized carbons (Fsp3) is 0.875. The van der Waals surface area contributed by atoms with E-state index in [2.05, 4.69) is 25.7 Å². The molecule has 1 rings (SSSR count). The molecule has 0 radical (unpaired) electrons. The summed E-state index contributed by atoms with van der Waals surface area (Å²) in [6.45, 7) is 7.76. The molecule has 0 unspecified atom stereocenters. The first-order chi connectivity index (χ1) is 5.82. The zero-order valence-corrected chi connectivity index (χ0v) is 8.32. The highest BCUT2D eigenvalue weighted by molar-refractivity contribution is 5.64. The molecular formula is C8H17N3O2. The third-order valence-electron chi connectivity index (χ3n) is 2.43. The average molecular weight is 187 g/mol. The minimum Gasteiger partial charge on any atom is -0.464 e. The van der Waals surface area contributed by atoms with Crippen LogP contribution in [0.4, 0.5) is 4.79 Å². The molecule has 0 aromatic carbocycles.